The normalized spacial score (nSPS) is 10.6. The Morgan fingerprint density at radius 2 is 1.90 bits per heavy atom. The molecule has 0 unspecified atom stereocenters. The van der Waals surface area contributed by atoms with Crippen molar-refractivity contribution in [3.63, 3.8) is 0 Å². The SMILES string of the molecule is CCn1cc(NC(=O)CCn2nccc2C(=O)O)c(C(=O)NCCc2ccccc2)n1. The van der Waals surface area contributed by atoms with Crippen molar-refractivity contribution in [2.75, 3.05) is 11.9 Å². The number of aromatic nitrogens is 4. The van der Waals surface area contributed by atoms with Gasteiger partial charge in [-0.1, -0.05) is 30.3 Å². The van der Waals surface area contributed by atoms with Crippen LogP contribution in [-0.4, -0.2) is 49.0 Å². The van der Waals surface area contributed by atoms with Crippen molar-refractivity contribution in [1.82, 2.24) is 24.9 Å². The lowest BCUT2D eigenvalue weighted by molar-refractivity contribution is -0.116. The Labute approximate surface area is 178 Å². The second-order valence-corrected chi connectivity index (χ2v) is 6.78. The molecule has 2 aromatic heterocycles. The second-order valence-electron chi connectivity index (χ2n) is 6.78. The van der Waals surface area contributed by atoms with Gasteiger partial charge in [0.25, 0.3) is 5.91 Å². The van der Waals surface area contributed by atoms with Gasteiger partial charge in [0.05, 0.1) is 12.2 Å². The van der Waals surface area contributed by atoms with E-state index >= 15 is 0 Å². The Kier molecular flexibility index (Phi) is 7.15. The summed E-state index contributed by atoms with van der Waals surface area (Å²) in [7, 11) is 0. The van der Waals surface area contributed by atoms with E-state index in [2.05, 4.69) is 20.8 Å². The molecule has 0 saturated carbocycles. The summed E-state index contributed by atoms with van der Waals surface area (Å²) in [4.78, 5) is 36.1. The molecule has 0 spiro atoms. The number of benzene rings is 1. The van der Waals surface area contributed by atoms with Gasteiger partial charge < -0.3 is 15.7 Å². The van der Waals surface area contributed by atoms with Crippen molar-refractivity contribution in [1.29, 1.82) is 0 Å². The number of carboxylic acid groups (broad SMARTS) is 1. The molecule has 2 amide bonds. The molecule has 0 atom stereocenters. The molecule has 31 heavy (non-hydrogen) atoms. The number of hydrogen-bond acceptors (Lipinski definition) is 5. The summed E-state index contributed by atoms with van der Waals surface area (Å²) in [6.45, 7) is 2.95. The number of anilines is 1. The Morgan fingerprint density at radius 1 is 1.13 bits per heavy atom. The fraction of sp³-hybridized carbons (Fsp3) is 0.286. The molecule has 2 heterocycles. The van der Waals surface area contributed by atoms with Crippen molar-refractivity contribution < 1.29 is 19.5 Å². The zero-order valence-electron chi connectivity index (χ0n) is 17.1. The van der Waals surface area contributed by atoms with E-state index in [9.17, 15) is 14.4 Å². The van der Waals surface area contributed by atoms with Crippen LogP contribution >= 0.6 is 0 Å². The quantitative estimate of drug-likeness (QED) is 0.455. The standard InChI is InChI=1S/C21H24N6O4/c1-2-26-14-16(24-18(28)10-13-27-17(21(30)31)9-12-23-27)19(25-26)20(29)22-11-8-15-6-4-3-5-7-15/h3-7,9,12,14H,2,8,10-11,13H2,1H3,(H,22,29)(H,24,28)(H,30,31). The van der Waals surface area contributed by atoms with Gasteiger partial charge in [-0.3, -0.25) is 19.0 Å². The highest BCUT2D eigenvalue weighted by atomic mass is 16.4. The molecule has 0 bridgehead atoms. The summed E-state index contributed by atoms with van der Waals surface area (Å²) in [6, 6.07) is 11.2. The van der Waals surface area contributed by atoms with Gasteiger partial charge in [0.1, 0.15) is 5.69 Å². The van der Waals surface area contributed by atoms with E-state index in [1.165, 1.54) is 16.9 Å². The first-order valence-electron chi connectivity index (χ1n) is 9.92. The van der Waals surface area contributed by atoms with Crippen LogP contribution in [0, 0.1) is 0 Å². The van der Waals surface area contributed by atoms with Gasteiger partial charge in [0.15, 0.2) is 5.69 Å². The van der Waals surface area contributed by atoms with E-state index in [-0.39, 0.29) is 36.2 Å². The maximum absolute atomic E-state index is 12.6. The monoisotopic (exact) mass is 424 g/mol. The summed E-state index contributed by atoms with van der Waals surface area (Å²) < 4.78 is 2.81. The number of carboxylic acids is 1. The maximum atomic E-state index is 12.6. The summed E-state index contributed by atoms with van der Waals surface area (Å²) in [6.07, 6.45) is 3.64. The molecular weight excluding hydrogens is 400 g/mol. The zero-order chi connectivity index (χ0) is 22.2. The van der Waals surface area contributed by atoms with Gasteiger partial charge in [-0.05, 0) is 25.0 Å². The second kappa shape index (κ2) is 10.2. The fourth-order valence-electron chi connectivity index (χ4n) is 3.00. The molecule has 0 aliphatic rings. The van der Waals surface area contributed by atoms with E-state index in [0.29, 0.717) is 25.2 Å². The van der Waals surface area contributed by atoms with Gasteiger partial charge in [-0.25, -0.2) is 4.79 Å². The van der Waals surface area contributed by atoms with E-state index < -0.39 is 5.97 Å². The summed E-state index contributed by atoms with van der Waals surface area (Å²) in [5.74, 6) is -1.86. The Bertz CT molecular complexity index is 1060. The summed E-state index contributed by atoms with van der Waals surface area (Å²) >= 11 is 0. The molecule has 162 valence electrons. The minimum absolute atomic E-state index is 0.00471. The third-order valence-corrected chi connectivity index (χ3v) is 4.60. The highest BCUT2D eigenvalue weighted by molar-refractivity contribution is 6.02. The molecule has 0 fully saturated rings. The van der Waals surface area contributed by atoms with Gasteiger partial charge in [0.2, 0.25) is 5.91 Å². The van der Waals surface area contributed by atoms with Crippen molar-refractivity contribution in [2.24, 2.45) is 0 Å². The molecule has 0 aliphatic heterocycles. The lowest BCUT2D eigenvalue weighted by Gasteiger charge is -2.08. The van der Waals surface area contributed by atoms with Crippen molar-refractivity contribution in [3.05, 3.63) is 65.7 Å². The van der Waals surface area contributed by atoms with Crippen molar-refractivity contribution >= 4 is 23.5 Å². The van der Waals surface area contributed by atoms with Gasteiger partial charge in [0, 0.05) is 31.9 Å². The van der Waals surface area contributed by atoms with Crippen molar-refractivity contribution in [3.8, 4) is 0 Å². The topological polar surface area (TPSA) is 131 Å². The lowest BCUT2D eigenvalue weighted by atomic mass is 10.1. The zero-order valence-corrected chi connectivity index (χ0v) is 17.1. The third-order valence-electron chi connectivity index (χ3n) is 4.60. The molecule has 10 nitrogen and oxygen atoms in total. The Morgan fingerprint density at radius 3 is 2.61 bits per heavy atom. The predicted molar refractivity (Wildman–Crippen MR) is 113 cm³/mol. The maximum Gasteiger partial charge on any atom is 0.354 e. The molecule has 3 N–H and O–H groups in total. The van der Waals surface area contributed by atoms with Crippen LogP contribution in [0.25, 0.3) is 0 Å². The summed E-state index contributed by atoms with van der Waals surface area (Å²) in [5, 5.41) is 22.8. The van der Waals surface area contributed by atoms with Crippen LogP contribution in [0.15, 0.2) is 48.8 Å². The highest BCUT2D eigenvalue weighted by Gasteiger charge is 2.19. The van der Waals surface area contributed by atoms with Crippen LogP contribution in [0.1, 0.15) is 39.9 Å². The smallest absolute Gasteiger partial charge is 0.354 e. The van der Waals surface area contributed by atoms with Crippen LogP contribution in [0.4, 0.5) is 5.69 Å². The first-order chi connectivity index (χ1) is 15.0. The van der Waals surface area contributed by atoms with Gasteiger partial charge in [-0.2, -0.15) is 10.2 Å². The third kappa shape index (κ3) is 5.78. The van der Waals surface area contributed by atoms with E-state index in [0.717, 1.165) is 5.56 Å². The predicted octanol–water partition coefficient (Wildman–Crippen LogP) is 1.80. The average Bonchev–Trinajstić information content (AvgIpc) is 3.40. The van der Waals surface area contributed by atoms with E-state index in [1.54, 1.807) is 10.9 Å². The van der Waals surface area contributed by atoms with E-state index in [4.69, 9.17) is 5.11 Å². The molecule has 0 radical (unpaired) electrons. The Balaban J connectivity index is 1.59. The fourth-order valence-corrected chi connectivity index (χ4v) is 3.00. The van der Waals surface area contributed by atoms with Crippen molar-refractivity contribution in [2.45, 2.75) is 32.9 Å². The molecule has 0 aliphatic carbocycles. The molecule has 0 saturated heterocycles. The molecule has 3 aromatic rings. The molecular formula is C21H24N6O4. The number of hydrogen-bond donors (Lipinski definition) is 3. The number of amides is 2. The number of carbonyl (C=O) groups excluding carboxylic acids is 2. The number of aryl methyl sites for hydroxylation is 2. The molecule has 10 heteroatoms. The van der Waals surface area contributed by atoms with Crippen LogP contribution in [0.2, 0.25) is 0 Å². The first-order valence-corrected chi connectivity index (χ1v) is 9.92. The van der Waals surface area contributed by atoms with E-state index in [1.807, 2.05) is 37.3 Å². The molecule has 1 aromatic carbocycles. The number of nitrogens with zero attached hydrogens (tertiary/aromatic N) is 4. The lowest BCUT2D eigenvalue weighted by Crippen LogP contribution is -2.27. The average molecular weight is 424 g/mol. The van der Waals surface area contributed by atoms with Crippen LogP contribution < -0.4 is 10.6 Å². The van der Waals surface area contributed by atoms with Crippen LogP contribution in [-0.2, 0) is 24.3 Å². The van der Waals surface area contributed by atoms with Gasteiger partial charge >= 0.3 is 5.97 Å². The van der Waals surface area contributed by atoms with Crippen LogP contribution in [0.5, 0.6) is 0 Å². The number of nitrogens with one attached hydrogen (secondary N) is 2. The number of carbonyl (C=O) groups is 3. The number of rotatable bonds is 10. The minimum atomic E-state index is -1.11. The Hall–Kier alpha value is -3.95. The highest BCUT2D eigenvalue weighted by Crippen LogP contribution is 2.15. The summed E-state index contributed by atoms with van der Waals surface area (Å²) in [5.41, 5.74) is 1.55. The van der Waals surface area contributed by atoms with Gasteiger partial charge in [-0.15, -0.1) is 0 Å². The molecule has 3 rings (SSSR count). The minimum Gasteiger partial charge on any atom is -0.477 e. The van der Waals surface area contributed by atoms with Crippen LogP contribution in [0.3, 0.4) is 0 Å². The first kappa shape index (κ1) is 21.8. The largest absolute Gasteiger partial charge is 0.477 e. The number of aromatic carboxylic acids is 1.